The second-order valence-electron chi connectivity index (χ2n) is 3.53. The number of ether oxygens (including phenoxy) is 1. The molecule has 1 N–H and O–H groups in total. The first kappa shape index (κ1) is 12.9. The van der Waals surface area contributed by atoms with Crippen LogP contribution < -0.4 is 5.32 Å². The standard InChI is InChI=1S/C12H11ClN2O2S/c1-17-11(16)6-10-7-18-12(15-10)14-9-4-2-3-8(13)5-9/h2-5,7H,6H2,1H3,(H,14,15). The van der Waals surface area contributed by atoms with Crippen LogP contribution in [0.4, 0.5) is 10.8 Å². The van der Waals surface area contributed by atoms with Crippen LogP contribution in [0, 0.1) is 0 Å². The molecule has 0 atom stereocenters. The molecule has 2 aromatic rings. The molecule has 94 valence electrons. The van der Waals surface area contributed by atoms with Gasteiger partial charge in [-0.1, -0.05) is 17.7 Å². The predicted octanol–water partition coefficient (Wildman–Crippen LogP) is 3.26. The fourth-order valence-electron chi connectivity index (χ4n) is 1.36. The molecule has 0 radical (unpaired) electrons. The van der Waals surface area contributed by atoms with Gasteiger partial charge in [-0.3, -0.25) is 4.79 Å². The van der Waals surface area contributed by atoms with Crippen molar-refractivity contribution >= 4 is 39.7 Å². The maximum absolute atomic E-state index is 11.1. The molecule has 0 saturated carbocycles. The lowest BCUT2D eigenvalue weighted by atomic mass is 10.3. The van der Waals surface area contributed by atoms with E-state index in [9.17, 15) is 4.79 Å². The summed E-state index contributed by atoms with van der Waals surface area (Å²) in [6.45, 7) is 0. The van der Waals surface area contributed by atoms with Crippen molar-refractivity contribution in [3.8, 4) is 0 Å². The van der Waals surface area contributed by atoms with Crippen molar-refractivity contribution in [2.24, 2.45) is 0 Å². The fraction of sp³-hybridized carbons (Fsp3) is 0.167. The van der Waals surface area contributed by atoms with Gasteiger partial charge < -0.3 is 10.1 Å². The van der Waals surface area contributed by atoms with Crippen LogP contribution in [-0.4, -0.2) is 18.1 Å². The molecule has 0 aliphatic rings. The van der Waals surface area contributed by atoms with Gasteiger partial charge in [-0.25, -0.2) is 4.98 Å². The van der Waals surface area contributed by atoms with Gasteiger partial charge in [-0.2, -0.15) is 0 Å². The number of rotatable bonds is 4. The predicted molar refractivity (Wildman–Crippen MR) is 72.6 cm³/mol. The summed E-state index contributed by atoms with van der Waals surface area (Å²) in [5.41, 5.74) is 1.55. The van der Waals surface area contributed by atoms with Crippen LogP contribution in [0.5, 0.6) is 0 Å². The minimum Gasteiger partial charge on any atom is -0.469 e. The highest BCUT2D eigenvalue weighted by Gasteiger charge is 2.07. The van der Waals surface area contributed by atoms with Crippen LogP contribution >= 0.6 is 22.9 Å². The quantitative estimate of drug-likeness (QED) is 0.875. The average Bonchev–Trinajstić information content (AvgIpc) is 2.76. The smallest absolute Gasteiger partial charge is 0.311 e. The average molecular weight is 283 g/mol. The first-order chi connectivity index (χ1) is 8.67. The van der Waals surface area contributed by atoms with E-state index < -0.39 is 0 Å². The summed E-state index contributed by atoms with van der Waals surface area (Å²) in [7, 11) is 1.36. The summed E-state index contributed by atoms with van der Waals surface area (Å²) >= 11 is 7.32. The Morgan fingerprint density at radius 2 is 2.39 bits per heavy atom. The molecule has 1 aromatic heterocycles. The molecule has 0 spiro atoms. The Morgan fingerprint density at radius 3 is 3.11 bits per heavy atom. The molecule has 18 heavy (non-hydrogen) atoms. The Hall–Kier alpha value is -1.59. The monoisotopic (exact) mass is 282 g/mol. The number of carbonyl (C=O) groups excluding carboxylic acids is 1. The Kier molecular flexibility index (Phi) is 4.17. The Balaban J connectivity index is 2.04. The van der Waals surface area contributed by atoms with Gasteiger partial charge >= 0.3 is 5.97 Å². The van der Waals surface area contributed by atoms with Crippen molar-refractivity contribution in [1.29, 1.82) is 0 Å². The number of carbonyl (C=O) groups is 1. The molecular formula is C12H11ClN2O2S. The molecule has 1 heterocycles. The van der Waals surface area contributed by atoms with E-state index in [0.29, 0.717) is 10.7 Å². The summed E-state index contributed by atoms with van der Waals surface area (Å²) in [6, 6.07) is 7.36. The summed E-state index contributed by atoms with van der Waals surface area (Å²) in [5.74, 6) is -0.297. The SMILES string of the molecule is COC(=O)Cc1csc(Nc2cccc(Cl)c2)n1. The molecule has 0 bridgehead atoms. The van der Waals surface area contributed by atoms with Crippen LogP contribution in [0.2, 0.25) is 5.02 Å². The van der Waals surface area contributed by atoms with E-state index in [1.54, 1.807) is 6.07 Å². The first-order valence-corrected chi connectivity index (χ1v) is 6.47. The van der Waals surface area contributed by atoms with E-state index in [2.05, 4.69) is 15.0 Å². The minimum atomic E-state index is -0.297. The fourth-order valence-corrected chi connectivity index (χ4v) is 2.28. The lowest BCUT2D eigenvalue weighted by Gasteiger charge is -2.02. The molecule has 1 aromatic carbocycles. The number of aromatic nitrogens is 1. The zero-order valence-corrected chi connectivity index (χ0v) is 11.2. The van der Waals surface area contributed by atoms with Crippen LogP contribution in [0.15, 0.2) is 29.6 Å². The van der Waals surface area contributed by atoms with E-state index in [1.807, 2.05) is 23.6 Å². The summed E-state index contributed by atoms with van der Waals surface area (Å²) in [5, 5.41) is 6.33. The number of hydrogen-bond donors (Lipinski definition) is 1. The van der Waals surface area contributed by atoms with Gasteiger partial charge in [0.2, 0.25) is 0 Å². The van der Waals surface area contributed by atoms with Gasteiger partial charge in [0, 0.05) is 16.1 Å². The largest absolute Gasteiger partial charge is 0.469 e. The van der Waals surface area contributed by atoms with Gasteiger partial charge in [0.15, 0.2) is 5.13 Å². The molecule has 2 rings (SSSR count). The molecule has 0 aliphatic heterocycles. The van der Waals surface area contributed by atoms with Gasteiger partial charge in [-0.05, 0) is 18.2 Å². The third kappa shape index (κ3) is 3.45. The molecule has 0 fully saturated rings. The zero-order valence-electron chi connectivity index (χ0n) is 9.64. The number of benzene rings is 1. The maximum atomic E-state index is 11.1. The highest BCUT2D eigenvalue weighted by Crippen LogP contribution is 2.23. The third-order valence-electron chi connectivity index (χ3n) is 2.18. The molecule has 0 amide bonds. The molecule has 0 unspecified atom stereocenters. The molecule has 6 heteroatoms. The van der Waals surface area contributed by atoms with Gasteiger partial charge in [0.25, 0.3) is 0 Å². The number of anilines is 2. The van der Waals surface area contributed by atoms with E-state index in [0.717, 1.165) is 10.8 Å². The van der Waals surface area contributed by atoms with Crippen molar-refractivity contribution in [1.82, 2.24) is 4.98 Å². The third-order valence-corrected chi connectivity index (χ3v) is 3.22. The molecule has 0 aliphatic carbocycles. The van der Waals surface area contributed by atoms with E-state index in [1.165, 1.54) is 18.4 Å². The first-order valence-electron chi connectivity index (χ1n) is 5.21. The summed E-state index contributed by atoms with van der Waals surface area (Å²) in [6.07, 6.45) is 0.185. The summed E-state index contributed by atoms with van der Waals surface area (Å²) in [4.78, 5) is 15.4. The second kappa shape index (κ2) is 5.84. The van der Waals surface area contributed by atoms with Crippen LogP contribution in [0.25, 0.3) is 0 Å². The highest BCUT2D eigenvalue weighted by molar-refractivity contribution is 7.13. The number of hydrogen-bond acceptors (Lipinski definition) is 5. The molecule has 0 saturated heterocycles. The zero-order chi connectivity index (χ0) is 13.0. The van der Waals surface area contributed by atoms with Crippen molar-refractivity contribution in [2.45, 2.75) is 6.42 Å². The normalized spacial score (nSPS) is 10.1. The van der Waals surface area contributed by atoms with E-state index in [4.69, 9.17) is 11.6 Å². The maximum Gasteiger partial charge on any atom is 0.311 e. The number of nitrogens with zero attached hydrogens (tertiary/aromatic N) is 1. The Labute approximate surface area is 114 Å². The van der Waals surface area contributed by atoms with Crippen LogP contribution in [0.1, 0.15) is 5.69 Å². The van der Waals surface area contributed by atoms with Crippen molar-refractivity contribution in [2.75, 3.05) is 12.4 Å². The lowest BCUT2D eigenvalue weighted by molar-refractivity contribution is -0.139. The number of thiazole rings is 1. The van der Waals surface area contributed by atoms with Gasteiger partial charge in [0.1, 0.15) is 0 Å². The van der Waals surface area contributed by atoms with Crippen LogP contribution in [-0.2, 0) is 16.0 Å². The highest BCUT2D eigenvalue weighted by atomic mass is 35.5. The lowest BCUT2D eigenvalue weighted by Crippen LogP contribution is -2.04. The van der Waals surface area contributed by atoms with Crippen LogP contribution in [0.3, 0.4) is 0 Å². The number of nitrogens with one attached hydrogen (secondary N) is 1. The number of methoxy groups -OCH3 is 1. The molecular weight excluding hydrogens is 272 g/mol. The van der Waals surface area contributed by atoms with Crippen molar-refractivity contribution in [3.63, 3.8) is 0 Å². The molecule has 4 nitrogen and oxygen atoms in total. The van der Waals surface area contributed by atoms with Gasteiger partial charge in [-0.15, -0.1) is 11.3 Å². The van der Waals surface area contributed by atoms with E-state index in [-0.39, 0.29) is 12.4 Å². The number of halogens is 1. The Morgan fingerprint density at radius 1 is 1.56 bits per heavy atom. The van der Waals surface area contributed by atoms with Crippen molar-refractivity contribution < 1.29 is 9.53 Å². The summed E-state index contributed by atoms with van der Waals surface area (Å²) < 4.78 is 4.59. The van der Waals surface area contributed by atoms with E-state index >= 15 is 0 Å². The van der Waals surface area contributed by atoms with Crippen molar-refractivity contribution in [3.05, 3.63) is 40.4 Å². The Bertz CT molecular complexity index is 557. The topological polar surface area (TPSA) is 51.2 Å². The minimum absolute atomic E-state index is 0.185. The number of esters is 1. The van der Waals surface area contributed by atoms with Gasteiger partial charge in [0.05, 0.1) is 19.2 Å². The second-order valence-corrected chi connectivity index (χ2v) is 4.83.